The summed E-state index contributed by atoms with van der Waals surface area (Å²) >= 11 is 0. The van der Waals surface area contributed by atoms with Crippen molar-refractivity contribution in [2.24, 2.45) is 0 Å². The molecule has 2 heterocycles. The second-order valence-corrected chi connectivity index (χ2v) is 4.72. The third-order valence-corrected chi connectivity index (χ3v) is 3.22. The molecule has 2 rings (SSSR count). The first kappa shape index (κ1) is 13.3. The van der Waals surface area contributed by atoms with Crippen LogP contribution in [0.25, 0.3) is 0 Å². The van der Waals surface area contributed by atoms with Gasteiger partial charge in [0.05, 0.1) is 12.7 Å². The van der Waals surface area contributed by atoms with Gasteiger partial charge in [0.15, 0.2) is 6.29 Å². The zero-order chi connectivity index (χ0) is 12.8. The van der Waals surface area contributed by atoms with Gasteiger partial charge in [-0.15, -0.1) is 0 Å². The standard InChI is InChI=1S/C14H21NO3/c16-9-3-6-11-4-1-5-12(15-11)10-13-7-2-8-14(17)18-13/h1,3-6,12-17H,2,7-10H2/b6-3+. The van der Waals surface area contributed by atoms with Gasteiger partial charge >= 0.3 is 0 Å². The molecule has 18 heavy (non-hydrogen) atoms. The van der Waals surface area contributed by atoms with Gasteiger partial charge in [-0.25, -0.2) is 0 Å². The minimum Gasteiger partial charge on any atom is -0.392 e. The van der Waals surface area contributed by atoms with Crippen LogP contribution in [0.3, 0.4) is 0 Å². The molecule has 3 unspecified atom stereocenters. The van der Waals surface area contributed by atoms with E-state index >= 15 is 0 Å². The summed E-state index contributed by atoms with van der Waals surface area (Å²) < 4.78 is 5.51. The maximum Gasteiger partial charge on any atom is 0.154 e. The molecule has 2 aliphatic heterocycles. The Hall–Kier alpha value is -1.10. The first-order valence-electron chi connectivity index (χ1n) is 6.54. The number of aliphatic hydroxyl groups excluding tert-OH is 2. The fourth-order valence-corrected chi connectivity index (χ4v) is 2.36. The highest BCUT2D eigenvalue weighted by Gasteiger charge is 2.23. The average molecular weight is 251 g/mol. The molecule has 3 N–H and O–H groups in total. The Labute approximate surface area is 108 Å². The Morgan fingerprint density at radius 3 is 3.11 bits per heavy atom. The van der Waals surface area contributed by atoms with Crippen molar-refractivity contribution in [3.05, 3.63) is 36.1 Å². The van der Waals surface area contributed by atoms with E-state index in [2.05, 4.69) is 11.4 Å². The molecule has 0 aromatic carbocycles. The van der Waals surface area contributed by atoms with E-state index in [1.807, 2.05) is 18.2 Å². The summed E-state index contributed by atoms with van der Waals surface area (Å²) in [4.78, 5) is 0. The number of aliphatic hydroxyl groups is 2. The molecule has 100 valence electrons. The van der Waals surface area contributed by atoms with E-state index in [-0.39, 0.29) is 18.8 Å². The largest absolute Gasteiger partial charge is 0.392 e. The zero-order valence-corrected chi connectivity index (χ0v) is 10.5. The van der Waals surface area contributed by atoms with Crippen molar-refractivity contribution in [2.45, 2.75) is 44.1 Å². The van der Waals surface area contributed by atoms with Crippen LogP contribution in [0.1, 0.15) is 25.7 Å². The Bertz CT molecular complexity index is 349. The normalized spacial score (nSPS) is 32.3. The molecule has 0 spiro atoms. The highest BCUT2D eigenvalue weighted by molar-refractivity contribution is 5.28. The van der Waals surface area contributed by atoms with Crippen molar-refractivity contribution >= 4 is 0 Å². The van der Waals surface area contributed by atoms with E-state index in [0.717, 1.165) is 31.4 Å². The molecule has 0 aliphatic carbocycles. The zero-order valence-electron chi connectivity index (χ0n) is 10.5. The fraction of sp³-hybridized carbons (Fsp3) is 0.571. The number of allylic oxidation sites excluding steroid dienone is 3. The first-order chi connectivity index (χ1) is 8.78. The molecule has 2 aliphatic rings. The molecule has 4 nitrogen and oxygen atoms in total. The minimum absolute atomic E-state index is 0.0470. The van der Waals surface area contributed by atoms with Gasteiger partial charge in [-0.1, -0.05) is 18.2 Å². The van der Waals surface area contributed by atoms with Crippen LogP contribution < -0.4 is 5.32 Å². The molecule has 0 saturated carbocycles. The molecule has 0 radical (unpaired) electrons. The van der Waals surface area contributed by atoms with Crippen LogP contribution >= 0.6 is 0 Å². The summed E-state index contributed by atoms with van der Waals surface area (Å²) in [6, 6.07) is 0.226. The predicted molar refractivity (Wildman–Crippen MR) is 69.7 cm³/mol. The summed E-state index contributed by atoms with van der Waals surface area (Å²) in [5.41, 5.74) is 0.993. The Balaban J connectivity index is 1.82. The number of rotatable bonds is 4. The van der Waals surface area contributed by atoms with E-state index in [0.29, 0.717) is 0 Å². The van der Waals surface area contributed by atoms with Crippen molar-refractivity contribution in [3.63, 3.8) is 0 Å². The van der Waals surface area contributed by atoms with E-state index in [1.54, 1.807) is 6.08 Å². The summed E-state index contributed by atoms with van der Waals surface area (Å²) in [5, 5.41) is 21.6. The predicted octanol–water partition coefficient (Wildman–Crippen LogP) is 1.22. The first-order valence-corrected chi connectivity index (χ1v) is 6.54. The summed E-state index contributed by atoms with van der Waals surface area (Å²) in [7, 11) is 0. The van der Waals surface area contributed by atoms with Crippen molar-refractivity contribution < 1.29 is 14.9 Å². The Kier molecular flexibility index (Phi) is 4.99. The summed E-state index contributed by atoms with van der Waals surface area (Å²) in [5.74, 6) is 0. The van der Waals surface area contributed by atoms with Crippen LogP contribution in [0.4, 0.5) is 0 Å². The number of nitrogens with one attached hydrogen (secondary N) is 1. The van der Waals surface area contributed by atoms with Gasteiger partial charge in [0.1, 0.15) is 0 Å². The molecular weight excluding hydrogens is 230 g/mol. The van der Waals surface area contributed by atoms with Crippen LogP contribution in [0, 0.1) is 0 Å². The highest BCUT2D eigenvalue weighted by Crippen LogP contribution is 2.22. The van der Waals surface area contributed by atoms with E-state index in [1.165, 1.54) is 0 Å². The lowest BCUT2D eigenvalue weighted by molar-refractivity contribution is -0.164. The third-order valence-electron chi connectivity index (χ3n) is 3.22. The summed E-state index contributed by atoms with van der Waals surface area (Å²) in [6.07, 6.45) is 12.8. The van der Waals surface area contributed by atoms with Crippen LogP contribution in [-0.4, -0.2) is 35.3 Å². The van der Waals surface area contributed by atoms with Gasteiger partial charge in [-0.3, -0.25) is 0 Å². The van der Waals surface area contributed by atoms with Crippen LogP contribution in [0.5, 0.6) is 0 Å². The molecule has 1 saturated heterocycles. The number of hydrogen-bond donors (Lipinski definition) is 3. The monoisotopic (exact) mass is 251 g/mol. The Morgan fingerprint density at radius 1 is 1.44 bits per heavy atom. The SMILES string of the molecule is OC/C=C/C1=CC=CC(CC2CCCC(O)O2)N1. The minimum atomic E-state index is -0.597. The quantitative estimate of drug-likeness (QED) is 0.703. The molecule has 0 aromatic heterocycles. The molecule has 4 heteroatoms. The smallest absolute Gasteiger partial charge is 0.154 e. The summed E-state index contributed by atoms with van der Waals surface area (Å²) in [6.45, 7) is 0.0470. The molecule has 0 amide bonds. The van der Waals surface area contributed by atoms with Crippen LogP contribution in [0.15, 0.2) is 36.1 Å². The van der Waals surface area contributed by atoms with Crippen molar-refractivity contribution in [1.29, 1.82) is 0 Å². The topological polar surface area (TPSA) is 61.7 Å². The highest BCUT2D eigenvalue weighted by atomic mass is 16.6. The van der Waals surface area contributed by atoms with E-state index in [4.69, 9.17) is 9.84 Å². The lowest BCUT2D eigenvalue weighted by atomic mass is 9.99. The van der Waals surface area contributed by atoms with Crippen LogP contribution in [-0.2, 0) is 4.74 Å². The van der Waals surface area contributed by atoms with Crippen LogP contribution in [0.2, 0.25) is 0 Å². The molecule has 0 aromatic rings. The second-order valence-electron chi connectivity index (χ2n) is 4.72. The lowest BCUT2D eigenvalue weighted by Crippen LogP contribution is -2.36. The van der Waals surface area contributed by atoms with E-state index in [9.17, 15) is 5.11 Å². The average Bonchev–Trinajstić information content (AvgIpc) is 2.37. The fourth-order valence-electron chi connectivity index (χ4n) is 2.36. The lowest BCUT2D eigenvalue weighted by Gasteiger charge is -2.30. The molecule has 3 atom stereocenters. The van der Waals surface area contributed by atoms with Gasteiger partial charge in [0.2, 0.25) is 0 Å². The maximum absolute atomic E-state index is 9.47. The Morgan fingerprint density at radius 2 is 2.33 bits per heavy atom. The molecule has 1 fully saturated rings. The third kappa shape index (κ3) is 3.98. The number of hydrogen-bond acceptors (Lipinski definition) is 4. The van der Waals surface area contributed by atoms with Gasteiger partial charge in [-0.2, -0.15) is 0 Å². The van der Waals surface area contributed by atoms with Gasteiger partial charge in [-0.05, 0) is 37.8 Å². The number of dihydropyridines is 1. The van der Waals surface area contributed by atoms with E-state index < -0.39 is 6.29 Å². The molecule has 0 bridgehead atoms. The van der Waals surface area contributed by atoms with Crippen molar-refractivity contribution in [2.75, 3.05) is 6.61 Å². The van der Waals surface area contributed by atoms with Gasteiger partial charge < -0.3 is 20.3 Å². The number of ether oxygens (including phenoxy) is 1. The molecular formula is C14H21NO3. The second kappa shape index (κ2) is 6.73. The van der Waals surface area contributed by atoms with Gasteiger partial charge in [0, 0.05) is 11.7 Å². The van der Waals surface area contributed by atoms with Crippen molar-refractivity contribution in [3.8, 4) is 0 Å². The van der Waals surface area contributed by atoms with Gasteiger partial charge in [0.25, 0.3) is 0 Å². The van der Waals surface area contributed by atoms with Crippen molar-refractivity contribution in [1.82, 2.24) is 5.32 Å². The maximum atomic E-state index is 9.47.